The summed E-state index contributed by atoms with van der Waals surface area (Å²) in [6.45, 7) is 5.36. The number of amides is 3. The van der Waals surface area contributed by atoms with E-state index in [1.165, 1.54) is 7.11 Å². The fourth-order valence-corrected chi connectivity index (χ4v) is 9.42. The molecule has 2 atom stereocenters. The van der Waals surface area contributed by atoms with Gasteiger partial charge in [-0.2, -0.15) is 0 Å². The van der Waals surface area contributed by atoms with Crippen LogP contribution in [0.3, 0.4) is 0 Å². The van der Waals surface area contributed by atoms with Crippen LogP contribution in [0.15, 0.2) is 0 Å². The molecule has 0 aromatic heterocycles. The Morgan fingerprint density at radius 1 is 0.381 bits per heavy atom. The van der Waals surface area contributed by atoms with E-state index in [0.717, 1.165) is 103 Å². The molecule has 0 aromatic rings. The number of nitrogens with one attached hydrogen (secondary N) is 3. The molecule has 0 aromatic carbocycles. The molecule has 20 nitrogen and oxygen atoms in total. The Balaban J connectivity index is 6.32. The molecule has 84 heavy (non-hydrogen) atoms. The Morgan fingerprint density at radius 2 is 0.786 bits per heavy atom. The van der Waals surface area contributed by atoms with Crippen LogP contribution in [-0.4, -0.2) is 185 Å². The first-order valence-corrected chi connectivity index (χ1v) is 32.1. The van der Waals surface area contributed by atoms with Crippen LogP contribution >= 0.6 is 0 Å². The number of hydrogen-bond acceptors (Lipinski definition) is 17. The molecule has 0 radical (unpaired) electrons. The third-order valence-electron chi connectivity index (χ3n) is 14.5. The molecule has 0 aliphatic rings. The smallest absolute Gasteiger partial charge is 0.230 e. The van der Waals surface area contributed by atoms with E-state index in [-0.39, 0.29) is 132 Å². The maximum atomic E-state index is 14.8. The highest BCUT2D eigenvalue weighted by molar-refractivity contribution is 6.01. The Morgan fingerprint density at radius 3 is 1.26 bits per heavy atom. The number of aliphatic hydroxyl groups is 1. The Kier molecular flexibility index (Phi) is 55.9. The summed E-state index contributed by atoms with van der Waals surface area (Å²) in [7, 11) is 6.41. The van der Waals surface area contributed by atoms with Gasteiger partial charge in [-0.25, -0.2) is 0 Å². The van der Waals surface area contributed by atoms with Gasteiger partial charge in [0.05, 0.1) is 58.8 Å². The van der Waals surface area contributed by atoms with E-state index >= 15 is 0 Å². The van der Waals surface area contributed by atoms with Crippen molar-refractivity contribution in [2.45, 2.75) is 225 Å². The summed E-state index contributed by atoms with van der Waals surface area (Å²) in [4.78, 5) is 105. The molecule has 0 bridgehead atoms. The van der Waals surface area contributed by atoms with Crippen LogP contribution in [-0.2, 0) is 76.3 Å². The zero-order valence-corrected chi connectivity index (χ0v) is 53.1. The number of Topliss-reactive ketones (excluding diaryl/α,β-unsaturated/α-hetero) is 5. The maximum absolute atomic E-state index is 14.8. The average molecular weight is 1200 g/mol. The number of ether oxygens (including phenoxy) is 8. The molecule has 0 spiro atoms. The molecule has 0 rings (SSSR count). The Hall–Kier alpha value is -3.60. The van der Waals surface area contributed by atoms with Gasteiger partial charge in [0.1, 0.15) is 35.0 Å². The van der Waals surface area contributed by atoms with Crippen molar-refractivity contribution >= 4 is 46.6 Å². The van der Waals surface area contributed by atoms with E-state index in [9.17, 15) is 43.5 Å². The van der Waals surface area contributed by atoms with Gasteiger partial charge in [0.15, 0.2) is 0 Å². The van der Waals surface area contributed by atoms with Crippen molar-refractivity contribution in [3.05, 3.63) is 0 Å². The van der Waals surface area contributed by atoms with Crippen molar-refractivity contribution in [1.29, 1.82) is 0 Å². The molecular weight excluding hydrogens is 1080 g/mol. The minimum Gasteiger partial charge on any atom is -0.388 e. The first-order valence-electron chi connectivity index (χ1n) is 32.1. The fraction of sp³-hybridized carbons (Fsp3) is 0.875. The third kappa shape index (κ3) is 50.5. The van der Waals surface area contributed by atoms with Crippen LogP contribution in [0.4, 0.5) is 0 Å². The van der Waals surface area contributed by atoms with E-state index in [0.29, 0.717) is 116 Å². The quantitative estimate of drug-likeness (QED) is 0.0328. The molecule has 0 saturated heterocycles. The minimum absolute atomic E-state index is 0.00401. The van der Waals surface area contributed by atoms with Crippen LogP contribution in [0.1, 0.15) is 219 Å². The number of unbranched alkanes of at least 4 members (excludes halogenated alkanes) is 13. The average Bonchev–Trinajstić information content (AvgIpc) is 3.44. The van der Waals surface area contributed by atoms with E-state index in [4.69, 9.17) is 37.9 Å². The Labute approximate surface area is 505 Å². The van der Waals surface area contributed by atoms with Gasteiger partial charge >= 0.3 is 0 Å². The molecule has 2 unspecified atom stereocenters. The molecule has 0 aliphatic carbocycles. The minimum atomic E-state index is -1.19. The lowest BCUT2D eigenvalue weighted by molar-refractivity contribution is -0.141. The van der Waals surface area contributed by atoms with Crippen molar-refractivity contribution in [2.24, 2.45) is 11.3 Å². The van der Waals surface area contributed by atoms with Gasteiger partial charge < -0.3 is 59.0 Å². The normalized spacial score (nSPS) is 12.3. The summed E-state index contributed by atoms with van der Waals surface area (Å²) in [6.07, 6.45) is 19.7. The highest BCUT2D eigenvalue weighted by Gasteiger charge is 2.38. The fourth-order valence-electron chi connectivity index (χ4n) is 9.42. The summed E-state index contributed by atoms with van der Waals surface area (Å²) in [5, 5.41) is 18.7. The van der Waals surface area contributed by atoms with Crippen molar-refractivity contribution in [3.63, 3.8) is 0 Å². The number of carbonyl (C=O) groups is 8. The highest BCUT2D eigenvalue weighted by Crippen LogP contribution is 2.29. The second-order valence-electron chi connectivity index (χ2n) is 22.5. The summed E-state index contributed by atoms with van der Waals surface area (Å²) in [5.41, 5.74) is -1.19. The van der Waals surface area contributed by atoms with Crippen LogP contribution in [0, 0.1) is 11.3 Å². The van der Waals surface area contributed by atoms with Gasteiger partial charge in [-0.3, -0.25) is 38.4 Å². The van der Waals surface area contributed by atoms with E-state index < -0.39 is 23.3 Å². The molecule has 490 valence electrons. The van der Waals surface area contributed by atoms with Crippen LogP contribution < -0.4 is 16.0 Å². The summed E-state index contributed by atoms with van der Waals surface area (Å²) < 4.78 is 44.5. The molecule has 3 amide bonds. The molecule has 20 heteroatoms. The van der Waals surface area contributed by atoms with Gasteiger partial charge in [0, 0.05) is 151 Å². The van der Waals surface area contributed by atoms with Crippen molar-refractivity contribution in [3.8, 4) is 0 Å². The SMILES string of the molecule is CCCCCCCCCC(C(=O)CC(COCCC(=O)CCCCCC(=O)CCCCOC)(COCCC(=O)CCCCCC(=O)CCCCOC)COCCC(=O)NCCCNC(=O)CCCCOC)C(=O)NCCCOCC(O)COC. The first-order chi connectivity index (χ1) is 40.8. The van der Waals surface area contributed by atoms with Crippen LogP contribution in [0.5, 0.6) is 0 Å². The monoisotopic (exact) mass is 1200 g/mol. The number of rotatable bonds is 66. The summed E-state index contributed by atoms with van der Waals surface area (Å²) in [6, 6.07) is 0. The van der Waals surface area contributed by atoms with Gasteiger partial charge in [-0.05, 0) is 83.5 Å². The second-order valence-corrected chi connectivity index (χ2v) is 22.5. The number of ketones is 5. The number of methoxy groups -OCH3 is 4. The lowest BCUT2D eigenvalue weighted by Gasteiger charge is -2.34. The maximum Gasteiger partial charge on any atom is 0.230 e. The topological polar surface area (TPSA) is 267 Å². The predicted octanol–water partition coefficient (Wildman–Crippen LogP) is 8.69. The Bertz CT molecular complexity index is 1550. The predicted molar refractivity (Wildman–Crippen MR) is 325 cm³/mol. The van der Waals surface area contributed by atoms with Crippen molar-refractivity contribution in [2.75, 3.05) is 127 Å². The highest BCUT2D eigenvalue weighted by atomic mass is 16.5. The van der Waals surface area contributed by atoms with E-state index in [1.54, 1.807) is 21.3 Å². The van der Waals surface area contributed by atoms with E-state index in [1.807, 2.05) is 0 Å². The van der Waals surface area contributed by atoms with Crippen LogP contribution in [0.25, 0.3) is 0 Å². The largest absolute Gasteiger partial charge is 0.388 e. The number of hydrogen-bond donors (Lipinski definition) is 4. The third-order valence-corrected chi connectivity index (χ3v) is 14.5. The van der Waals surface area contributed by atoms with E-state index in [2.05, 4.69) is 22.9 Å². The van der Waals surface area contributed by atoms with Gasteiger partial charge in [-0.1, -0.05) is 64.7 Å². The van der Waals surface area contributed by atoms with Gasteiger partial charge in [0.2, 0.25) is 17.7 Å². The number of aliphatic hydroxyl groups excluding tert-OH is 1. The zero-order valence-electron chi connectivity index (χ0n) is 53.1. The molecule has 0 saturated carbocycles. The summed E-state index contributed by atoms with van der Waals surface area (Å²) >= 11 is 0. The molecule has 0 aliphatic heterocycles. The first kappa shape index (κ1) is 80.4. The van der Waals surface area contributed by atoms with Crippen LogP contribution in [0.2, 0.25) is 0 Å². The second kappa shape index (κ2) is 58.4. The number of carbonyl (C=O) groups excluding carboxylic acids is 8. The summed E-state index contributed by atoms with van der Waals surface area (Å²) in [5.74, 6) is -1.60. The van der Waals surface area contributed by atoms with Crippen molar-refractivity contribution < 1.29 is 81.4 Å². The molecule has 4 N–H and O–H groups in total. The molecule has 0 fully saturated rings. The molecule has 0 heterocycles. The molecular formula is C64H117N3O17. The van der Waals surface area contributed by atoms with Crippen molar-refractivity contribution in [1.82, 2.24) is 16.0 Å². The lowest BCUT2D eigenvalue weighted by atomic mass is 9.80. The zero-order chi connectivity index (χ0) is 62.0. The lowest BCUT2D eigenvalue weighted by Crippen LogP contribution is -2.44. The van der Waals surface area contributed by atoms with Gasteiger partial charge in [-0.15, -0.1) is 0 Å². The standard InChI is InChI=1S/C64H117N3O17/c1-6-7-8-9-10-11-18-33-59(63(76)67-40-26-44-81-50-58(72)49-80-5)60(73)48-64(51-82-45-35-56(70)29-16-12-14-27-54(68)31-19-22-41-77-2,52-83-46-36-57(71)30-17-13-15-28-55(69)32-20-23-42-78-3)53-84-47-37-62(75)66-39-25-38-65-61(74)34-21-24-43-79-4/h58-59,72H,6-53H2,1-5H3,(H,65,74)(H,66,75)(H,67,76). The van der Waals surface area contributed by atoms with Gasteiger partial charge in [0.25, 0.3) is 0 Å².